The van der Waals surface area contributed by atoms with Crippen LogP contribution in [-0.4, -0.2) is 40.0 Å². The van der Waals surface area contributed by atoms with Crippen LogP contribution < -0.4 is 5.32 Å². The molecule has 1 amide bonds. The molecular weight excluding hydrogens is 468 g/mol. The quantitative estimate of drug-likeness (QED) is 0.481. The number of nitrogens with zero attached hydrogens (tertiary/aromatic N) is 1. The van der Waals surface area contributed by atoms with Crippen LogP contribution in [0.25, 0.3) is 0 Å². The molecule has 3 fully saturated rings. The molecule has 3 saturated carbocycles. The van der Waals surface area contributed by atoms with Crippen LogP contribution in [0.1, 0.15) is 70.9 Å². The first-order valence-electron chi connectivity index (χ1n) is 13.4. The molecule has 0 bridgehead atoms. The van der Waals surface area contributed by atoms with Crippen molar-refractivity contribution in [3.63, 3.8) is 0 Å². The van der Waals surface area contributed by atoms with E-state index < -0.39 is 23.5 Å². The second-order valence-corrected chi connectivity index (χ2v) is 12.0. The van der Waals surface area contributed by atoms with Crippen LogP contribution in [0.2, 0.25) is 0 Å². The summed E-state index contributed by atoms with van der Waals surface area (Å²) in [5, 5.41) is 27.3. The molecule has 198 valence electrons. The van der Waals surface area contributed by atoms with Gasteiger partial charge in [0, 0.05) is 5.41 Å². The zero-order chi connectivity index (χ0) is 26.4. The van der Waals surface area contributed by atoms with Gasteiger partial charge in [0.15, 0.2) is 12.6 Å². The number of oxime groups is 1. The van der Waals surface area contributed by atoms with E-state index in [1.54, 1.807) is 30.3 Å². The van der Waals surface area contributed by atoms with Gasteiger partial charge in [-0.15, -0.1) is 0 Å². The summed E-state index contributed by atoms with van der Waals surface area (Å²) in [5.74, 6) is 0.0520. The van der Waals surface area contributed by atoms with Gasteiger partial charge in [-0.2, -0.15) is 0 Å². The molecule has 0 spiro atoms. The van der Waals surface area contributed by atoms with Gasteiger partial charge in [-0.3, -0.25) is 4.79 Å². The van der Waals surface area contributed by atoms with Crippen molar-refractivity contribution < 1.29 is 24.6 Å². The number of carbonyl (C=O) groups excluding carboxylic acids is 1. The number of rotatable bonds is 6. The summed E-state index contributed by atoms with van der Waals surface area (Å²) < 4.78 is 0. The Morgan fingerprint density at radius 3 is 2.57 bits per heavy atom. The fourth-order valence-electron chi connectivity index (χ4n) is 7.81. The zero-order valence-corrected chi connectivity index (χ0v) is 21.9. The molecule has 0 heterocycles. The SMILES string of the molecule is C[C@]12C=C/C(=N/OCC(=O)N[C@@H](C(=O)O)c3ccccc3)C=C1CC[C@@H]1[C@@H]2CC[C@@]2(C)[C@H]1CC[C@]2(C)O. The van der Waals surface area contributed by atoms with Gasteiger partial charge in [-0.25, -0.2) is 4.79 Å². The Hall–Kier alpha value is -2.93. The standard InChI is InChI=1S/C30H38N2O5/c1-28-14-11-21(32-37-18-25(33)31-26(27(34)35)19-7-5-4-6-8-19)17-20(28)9-10-22-23(28)12-15-29(2)24(22)13-16-30(29,3)36/h4-8,11,14,17,22-24,26,36H,9-10,12-13,15-16,18H2,1-3H3,(H,31,33)(H,34,35)/b32-21-/t22-,23+,24+,26-,28+,29+,30+/m1/s1. The van der Waals surface area contributed by atoms with Gasteiger partial charge in [-0.05, 0) is 86.3 Å². The van der Waals surface area contributed by atoms with Gasteiger partial charge in [-0.1, -0.05) is 61.0 Å². The smallest absolute Gasteiger partial charge is 0.330 e. The Labute approximate surface area is 218 Å². The number of allylic oxidation sites excluding steroid dienone is 4. The Morgan fingerprint density at radius 1 is 1.11 bits per heavy atom. The van der Waals surface area contributed by atoms with Crippen molar-refractivity contribution in [2.75, 3.05) is 6.61 Å². The van der Waals surface area contributed by atoms with Crippen molar-refractivity contribution in [2.24, 2.45) is 33.7 Å². The Kier molecular flexibility index (Phi) is 6.55. The minimum Gasteiger partial charge on any atom is -0.479 e. The summed E-state index contributed by atoms with van der Waals surface area (Å²) >= 11 is 0. The van der Waals surface area contributed by atoms with Gasteiger partial charge in [0.2, 0.25) is 0 Å². The van der Waals surface area contributed by atoms with E-state index in [9.17, 15) is 19.8 Å². The summed E-state index contributed by atoms with van der Waals surface area (Å²) in [6.07, 6.45) is 12.6. The predicted octanol–water partition coefficient (Wildman–Crippen LogP) is 4.79. The van der Waals surface area contributed by atoms with E-state index in [-0.39, 0.29) is 17.4 Å². The fourth-order valence-corrected chi connectivity index (χ4v) is 7.81. The summed E-state index contributed by atoms with van der Waals surface area (Å²) in [4.78, 5) is 29.3. The van der Waals surface area contributed by atoms with Crippen LogP contribution in [0, 0.1) is 28.6 Å². The third-order valence-electron chi connectivity index (χ3n) is 10.2. The number of carboxylic acids is 1. The molecule has 0 unspecified atom stereocenters. The average Bonchev–Trinajstić information content (AvgIpc) is 3.11. The molecule has 0 saturated heterocycles. The first kappa shape index (κ1) is 25.7. The van der Waals surface area contributed by atoms with Gasteiger partial charge in [0.05, 0.1) is 5.60 Å². The van der Waals surface area contributed by atoms with Crippen molar-refractivity contribution in [2.45, 2.75) is 70.9 Å². The molecule has 0 radical (unpaired) electrons. The van der Waals surface area contributed by atoms with Gasteiger partial charge >= 0.3 is 5.97 Å². The normalized spacial score (nSPS) is 38.1. The third kappa shape index (κ3) is 4.41. The maximum Gasteiger partial charge on any atom is 0.330 e. The lowest BCUT2D eigenvalue weighted by Crippen LogP contribution is -2.53. The molecule has 1 aromatic carbocycles. The largest absolute Gasteiger partial charge is 0.479 e. The van der Waals surface area contributed by atoms with Crippen molar-refractivity contribution >= 4 is 17.6 Å². The van der Waals surface area contributed by atoms with Crippen molar-refractivity contribution in [3.05, 3.63) is 59.7 Å². The third-order valence-corrected chi connectivity index (χ3v) is 10.2. The van der Waals surface area contributed by atoms with Crippen molar-refractivity contribution in [3.8, 4) is 0 Å². The lowest BCUT2D eigenvalue weighted by molar-refractivity contribution is -0.142. The molecule has 7 nitrogen and oxygen atoms in total. The molecule has 7 atom stereocenters. The Morgan fingerprint density at radius 2 is 1.84 bits per heavy atom. The average molecular weight is 507 g/mol. The highest BCUT2D eigenvalue weighted by atomic mass is 16.6. The highest BCUT2D eigenvalue weighted by Gasteiger charge is 2.61. The first-order valence-corrected chi connectivity index (χ1v) is 13.4. The minimum atomic E-state index is -1.14. The molecule has 0 aromatic heterocycles. The number of carbonyl (C=O) groups is 2. The van der Waals surface area contributed by atoms with Crippen LogP contribution in [0.15, 0.2) is 59.3 Å². The number of benzene rings is 1. The number of fused-ring (bicyclic) bond motifs is 5. The first-order chi connectivity index (χ1) is 17.5. The highest BCUT2D eigenvalue weighted by molar-refractivity contribution is 6.05. The number of carboxylic acid groups (broad SMARTS) is 1. The predicted molar refractivity (Wildman–Crippen MR) is 141 cm³/mol. The van der Waals surface area contributed by atoms with Gasteiger partial charge in [0.1, 0.15) is 5.71 Å². The summed E-state index contributed by atoms with van der Waals surface area (Å²) in [5.41, 5.74) is 1.92. The zero-order valence-electron chi connectivity index (χ0n) is 21.9. The van der Waals surface area contributed by atoms with E-state index in [1.165, 1.54) is 5.57 Å². The molecule has 1 aromatic rings. The summed E-state index contributed by atoms with van der Waals surface area (Å²) in [7, 11) is 0. The van der Waals surface area contributed by atoms with E-state index >= 15 is 0 Å². The molecule has 3 N–H and O–H groups in total. The molecule has 0 aliphatic heterocycles. The highest BCUT2D eigenvalue weighted by Crippen LogP contribution is 2.66. The molecule has 5 rings (SSSR count). The fraction of sp³-hybridized carbons (Fsp3) is 0.567. The van der Waals surface area contributed by atoms with Gasteiger partial charge in [0.25, 0.3) is 5.91 Å². The molecule has 37 heavy (non-hydrogen) atoms. The minimum absolute atomic E-state index is 0.00527. The lowest BCUT2D eigenvalue weighted by atomic mass is 9.47. The topological polar surface area (TPSA) is 108 Å². The number of aliphatic carboxylic acids is 1. The van der Waals surface area contributed by atoms with E-state index in [0.717, 1.165) is 38.5 Å². The molecule has 4 aliphatic rings. The number of nitrogens with one attached hydrogen (secondary N) is 1. The Bertz CT molecular complexity index is 1160. The van der Waals surface area contributed by atoms with E-state index in [1.807, 2.05) is 13.0 Å². The van der Waals surface area contributed by atoms with Crippen LogP contribution in [-0.2, 0) is 14.4 Å². The summed E-state index contributed by atoms with van der Waals surface area (Å²) in [6, 6.07) is 7.43. The summed E-state index contributed by atoms with van der Waals surface area (Å²) in [6.45, 7) is 6.32. The van der Waals surface area contributed by atoms with Gasteiger partial charge < -0.3 is 20.4 Å². The lowest BCUT2D eigenvalue weighted by Gasteiger charge is -2.58. The second kappa shape index (κ2) is 9.43. The van der Waals surface area contributed by atoms with Crippen LogP contribution in [0.4, 0.5) is 0 Å². The van der Waals surface area contributed by atoms with Crippen molar-refractivity contribution in [1.29, 1.82) is 0 Å². The van der Waals surface area contributed by atoms with E-state index in [4.69, 9.17) is 4.84 Å². The second-order valence-electron chi connectivity index (χ2n) is 12.0. The Balaban J connectivity index is 1.22. The van der Waals surface area contributed by atoms with Crippen LogP contribution >= 0.6 is 0 Å². The molecule has 7 heteroatoms. The molecule has 4 aliphatic carbocycles. The van der Waals surface area contributed by atoms with Crippen LogP contribution in [0.5, 0.6) is 0 Å². The van der Waals surface area contributed by atoms with E-state index in [0.29, 0.717) is 29.0 Å². The van der Waals surface area contributed by atoms with Crippen LogP contribution in [0.3, 0.4) is 0 Å². The maximum atomic E-state index is 12.4. The maximum absolute atomic E-state index is 12.4. The number of hydrogen-bond donors (Lipinski definition) is 3. The monoisotopic (exact) mass is 506 g/mol. The van der Waals surface area contributed by atoms with E-state index in [2.05, 4.69) is 36.5 Å². The number of aliphatic hydroxyl groups is 1. The van der Waals surface area contributed by atoms with Crippen molar-refractivity contribution in [1.82, 2.24) is 5.32 Å². The molecular formula is C30H38N2O5. The number of hydrogen-bond acceptors (Lipinski definition) is 5. The number of amides is 1.